The quantitative estimate of drug-likeness (QED) is 0.789. The van der Waals surface area contributed by atoms with Crippen LogP contribution < -0.4 is 11.1 Å². The van der Waals surface area contributed by atoms with Crippen LogP contribution in [0.5, 0.6) is 0 Å². The van der Waals surface area contributed by atoms with Crippen molar-refractivity contribution in [1.29, 1.82) is 0 Å². The Bertz CT molecular complexity index is 594. The van der Waals surface area contributed by atoms with Gasteiger partial charge in [0, 0.05) is 25.0 Å². The van der Waals surface area contributed by atoms with Crippen molar-refractivity contribution >= 4 is 21.8 Å². The molecular weight excluding hydrogens is 363 g/mol. The lowest BCUT2D eigenvalue weighted by Gasteiger charge is -2.57. The first-order valence-electron chi connectivity index (χ1n) is 7.85. The van der Waals surface area contributed by atoms with Crippen molar-refractivity contribution in [3.63, 3.8) is 0 Å². The van der Waals surface area contributed by atoms with Gasteiger partial charge in [-0.1, -0.05) is 19.9 Å². The number of carbonyl (C=O) groups excluding carboxylic acids is 1. The molecule has 4 nitrogen and oxygen atoms in total. The predicted molar refractivity (Wildman–Crippen MR) is 91.5 cm³/mol. The summed E-state index contributed by atoms with van der Waals surface area (Å²) < 4.78 is 19.3. The van der Waals surface area contributed by atoms with E-state index in [0.717, 1.165) is 5.56 Å². The largest absolute Gasteiger partial charge is 0.378 e. The highest BCUT2D eigenvalue weighted by molar-refractivity contribution is 9.10. The smallest absolute Gasteiger partial charge is 0.240 e. The van der Waals surface area contributed by atoms with Gasteiger partial charge in [-0.2, -0.15) is 0 Å². The van der Waals surface area contributed by atoms with E-state index in [9.17, 15) is 9.18 Å². The van der Waals surface area contributed by atoms with Crippen molar-refractivity contribution in [3.8, 4) is 0 Å². The van der Waals surface area contributed by atoms with E-state index in [-0.39, 0.29) is 17.8 Å². The Morgan fingerprint density at radius 1 is 1.52 bits per heavy atom. The van der Waals surface area contributed by atoms with Gasteiger partial charge in [0.15, 0.2) is 0 Å². The van der Waals surface area contributed by atoms with Crippen molar-refractivity contribution in [2.75, 3.05) is 13.2 Å². The van der Waals surface area contributed by atoms with Crippen LogP contribution in [-0.2, 0) is 16.0 Å². The third kappa shape index (κ3) is 3.44. The highest BCUT2D eigenvalue weighted by Crippen LogP contribution is 2.49. The summed E-state index contributed by atoms with van der Waals surface area (Å²) in [5, 5.41) is 2.90. The molecule has 0 radical (unpaired) electrons. The van der Waals surface area contributed by atoms with E-state index in [2.05, 4.69) is 21.2 Å². The van der Waals surface area contributed by atoms with Crippen LogP contribution in [0.25, 0.3) is 0 Å². The van der Waals surface area contributed by atoms with Crippen LogP contribution in [0.4, 0.5) is 4.39 Å². The second kappa shape index (κ2) is 6.87. The molecule has 1 fully saturated rings. The normalized spacial score (nSPS) is 25.7. The maximum absolute atomic E-state index is 13.2. The Kier molecular flexibility index (Phi) is 5.48. The fourth-order valence-corrected chi connectivity index (χ4v) is 3.42. The average Bonchev–Trinajstić information content (AvgIpc) is 2.50. The molecule has 1 aliphatic carbocycles. The molecule has 128 valence electrons. The lowest BCUT2D eigenvalue weighted by Crippen LogP contribution is -2.75. The number of nitrogens with two attached hydrogens (primary N) is 1. The second-order valence-corrected chi connectivity index (χ2v) is 7.45. The summed E-state index contributed by atoms with van der Waals surface area (Å²) in [7, 11) is 0. The van der Waals surface area contributed by atoms with E-state index >= 15 is 0 Å². The van der Waals surface area contributed by atoms with Crippen LogP contribution >= 0.6 is 15.9 Å². The monoisotopic (exact) mass is 386 g/mol. The highest BCUT2D eigenvalue weighted by Gasteiger charge is 2.62. The zero-order chi connectivity index (χ0) is 17.3. The van der Waals surface area contributed by atoms with Gasteiger partial charge < -0.3 is 15.8 Å². The summed E-state index contributed by atoms with van der Waals surface area (Å²) in [6, 6.07) is 4.84. The van der Waals surface area contributed by atoms with Crippen molar-refractivity contribution in [2.24, 2.45) is 11.1 Å². The van der Waals surface area contributed by atoms with Gasteiger partial charge in [0.2, 0.25) is 5.91 Å². The molecule has 2 atom stereocenters. The third-order valence-corrected chi connectivity index (χ3v) is 5.53. The van der Waals surface area contributed by atoms with Crippen molar-refractivity contribution in [2.45, 2.75) is 45.3 Å². The maximum atomic E-state index is 13.2. The van der Waals surface area contributed by atoms with E-state index in [4.69, 9.17) is 10.5 Å². The zero-order valence-corrected chi connectivity index (χ0v) is 15.4. The van der Waals surface area contributed by atoms with Gasteiger partial charge in [-0.3, -0.25) is 4.79 Å². The minimum Gasteiger partial charge on any atom is -0.378 e. The molecule has 0 aliphatic heterocycles. The molecule has 2 unspecified atom stereocenters. The summed E-state index contributed by atoms with van der Waals surface area (Å²) in [5.74, 6) is -0.448. The fourth-order valence-electron chi connectivity index (χ4n) is 2.99. The number of hydrogen-bond acceptors (Lipinski definition) is 3. The van der Waals surface area contributed by atoms with Crippen LogP contribution in [0.3, 0.4) is 0 Å². The molecule has 1 amide bonds. The van der Waals surface area contributed by atoms with Gasteiger partial charge in [-0.05, 0) is 47.0 Å². The van der Waals surface area contributed by atoms with E-state index < -0.39 is 11.0 Å². The third-order valence-electron chi connectivity index (χ3n) is 4.92. The van der Waals surface area contributed by atoms with Gasteiger partial charge in [-0.25, -0.2) is 4.39 Å². The molecule has 1 aromatic carbocycles. The summed E-state index contributed by atoms with van der Waals surface area (Å²) >= 11 is 3.16. The number of hydrogen-bond donors (Lipinski definition) is 2. The van der Waals surface area contributed by atoms with Gasteiger partial charge in [0.05, 0.1) is 10.6 Å². The predicted octanol–water partition coefficient (Wildman–Crippen LogP) is 2.78. The summed E-state index contributed by atoms with van der Waals surface area (Å²) in [5.41, 5.74) is 5.96. The molecule has 2 rings (SSSR count). The first kappa shape index (κ1) is 18.4. The molecule has 1 aromatic rings. The number of carbonyl (C=O) groups is 1. The molecular formula is C17H24BrFN2O2. The standard InChI is InChI=1S/C17H24BrFN2O2/c1-4-23-14-10-17(20,16(14,2)3)15(22)21-8-7-11-5-6-13(19)12(18)9-11/h5-6,9,14H,4,7-8,10,20H2,1-3H3,(H,21,22). The molecule has 0 aromatic heterocycles. The first-order valence-corrected chi connectivity index (χ1v) is 8.64. The average molecular weight is 387 g/mol. The molecule has 0 spiro atoms. The van der Waals surface area contributed by atoms with Crippen LogP contribution in [0.2, 0.25) is 0 Å². The molecule has 1 aliphatic rings. The van der Waals surface area contributed by atoms with Gasteiger partial charge >= 0.3 is 0 Å². The number of rotatable bonds is 6. The van der Waals surface area contributed by atoms with Crippen LogP contribution in [-0.4, -0.2) is 30.7 Å². The molecule has 0 heterocycles. The minimum absolute atomic E-state index is 0.0105. The van der Waals surface area contributed by atoms with Gasteiger partial charge in [-0.15, -0.1) is 0 Å². The van der Waals surface area contributed by atoms with E-state index in [0.29, 0.717) is 30.5 Å². The van der Waals surface area contributed by atoms with Crippen molar-refractivity contribution in [3.05, 3.63) is 34.1 Å². The lowest BCUT2D eigenvalue weighted by molar-refractivity contribution is -0.170. The van der Waals surface area contributed by atoms with E-state index in [1.54, 1.807) is 12.1 Å². The van der Waals surface area contributed by atoms with Crippen molar-refractivity contribution < 1.29 is 13.9 Å². The number of benzene rings is 1. The Morgan fingerprint density at radius 3 is 2.78 bits per heavy atom. The molecule has 0 bridgehead atoms. The molecule has 6 heteroatoms. The van der Waals surface area contributed by atoms with Gasteiger partial charge in [0.1, 0.15) is 11.4 Å². The van der Waals surface area contributed by atoms with E-state index in [1.807, 2.05) is 20.8 Å². The molecule has 23 heavy (non-hydrogen) atoms. The lowest BCUT2D eigenvalue weighted by atomic mass is 9.54. The Hall–Kier alpha value is -0.980. The summed E-state index contributed by atoms with van der Waals surface area (Å²) in [4.78, 5) is 12.5. The number of ether oxygens (including phenoxy) is 1. The number of amides is 1. The van der Waals surface area contributed by atoms with Crippen LogP contribution in [0, 0.1) is 11.2 Å². The fraction of sp³-hybridized carbons (Fsp3) is 0.588. The second-order valence-electron chi connectivity index (χ2n) is 6.60. The van der Waals surface area contributed by atoms with E-state index in [1.165, 1.54) is 6.07 Å². The molecule has 3 N–H and O–H groups in total. The maximum Gasteiger partial charge on any atom is 0.240 e. The highest BCUT2D eigenvalue weighted by atomic mass is 79.9. The van der Waals surface area contributed by atoms with Crippen molar-refractivity contribution in [1.82, 2.24) is 5.32 Å². The molecule has 0 saturated heterocycles. The molecule has 1 saturated carbocycles. The topological polar surface area (TPSA) is 64.3 Å². The van der Waals surface area contributed by atoms with Crippen LogP contribution in [0.15, 0.2) is 22.7 Å². The number of nitrogens with one attached hydrogen (secondary N) is 1. The Morgan fingerprint density at radius 2 is 2.22 bits per heavy atom. The SMILES string of the molecule is CCOC1CC(N)(C(=O)NCCc2ccc(F)c(Br)c2)C1(C)C. The summed E-state index contributed by atoms with van der Waals surface area (Å²) in [6.07, 6.45) is 1.16. The van der Waals surface area contributed by atoms with Gasteiger partial charge in [0.25, 0.3) is 0 Å². The minimum atomic E-state index is -0.907. The summed E-state index contributed by atoms with van der Waals surface area (Å²) in [6.45, 7) is 6.95. The zero-order valence-electron chi connectivity index (χ0n) is 13.8. The Labute approximate surface area is 145 Å². The Balaban J connectivity index is 1.89. The number of halogens is 2. The first-order chi connectivity index (χ1) is 10.7. The van der Waals surface area contributed by atoms with Crippen LogP contribution in [0.1, 0.15) is 32.8 Å².